The third-order valence-corrected chi connectivity index (χ3v) is 5.12. The molecule has 0 aliphatic rings. The number of halogens is 3. The fourth-order valence-corrected chi connectivity index (χ4v) is 3.42. The normalized spacial score (nSPS) is 10.5. The first-order valence-electron chi connectivity index (χ1n) is 8.35. The van der Waals surface area contributed by atoms with Gasteiger partial charge in [0, 0.05) is 37.9 Å². The van der Waals surface area contributed by atoms with Crippen LogP contribution in [-0.4, -0.2) is 11.1 Å². The van der Waals surface area contributed by atoms with Crippen LogP contribution in [0.2, 0.25) is 10.0 Å². The van der Waals surface area contributed by atoms with Crippen LogP contribution in [-0.2, 0) is 13.2 Å². The Kier molecular flexibility index (Phi) is 6.83. The van der Waals surface area contributed by atoms with Crippen molar-refractivity contribution in [3.8, 4) is 5.75 Å². The summed E-state index contributed by atoms with van der Waals surface area (Å²) in [6.45, 7) is 0.827. The zero-order chi connectivity index (χ0) is 20.1. The highest BCUT2D eigenvalue weighted by Crippen LogP contribution is 2.27. The van der Waals surface area contributed by atoms with E-state index < -0.39 is 5.97 Å². The Morgan fingerprint density at radius 2 is 1.75 bits per heavy atom. The molecule has 0 aliphatic carbocycles. The van der Waals surface area contributed by atoms with Gasteiger partial charge in [-0.2, -0.15) is 0 Å². The average Bonchev–Trinajstić information content (AvgIpc) is 2.67. The lowest BCUT2D eigenvalue weighted by Gasteiger charge is -2.14. The smallest absolute Gasteiger partial charge is 0.335 e. The number of aromatic carboxylic acids is 1. The number of hydrogen-bond donors (Lipinski definition) is 2. The van der Waals surface area contributed by atoms with E-state index in [1.165, 1.54) is 0 Å². The molecule has 0 amide bonds. The largest absolute Gasteiger partial charge is 0.488 e. The van der Waals surface area contributed by atoms with Crippen molar-refractivity contribution in [2.75, 3.05) is 5.32 Å². The first-order chi connectivity index (χ1) is 13.4. The molecular weight excluding hydrogens is 465 g/mol. The number of carbonyl (C=O) groups is 1. The average molecular weight is 481 g/mol. The van der Waals surface area contributed by atoms with Gasteiger partial charge < -0.3 is 15.2 Å². The van der Waals surface area contributed by atoms with Crippen LogP contribution in [0.4, 0.5) is 5.69 Å². The van der Waals surface area contributed by atoms with Crippen molar-refractivity contribution < 1.29 is 14.6 Å². The number of nitrogens with one attached hydrogen (secondary N) is 1. The molecule has 144 valence electrons. The minimum Gasteiger partial charge on any atom is -0.488 e. The summed E-state index contributed by atoms with van der Waals surface area (Å²) in [7, 11) is 0. The number of carboxylic acids is 1. The van der Waals surface area contributed by atoms with Gasteiger partial charge in [-0.3, -0.25) is 0 Å². The van der Waals surface area contributed by atoms with E-state index in [4.69, 9.17) is 33.0 Å². The molecule has 0 saturated carbocycles. The lowest BCUT2D eigenvalue weighted by Crippen LogP contribution is -2.04. The number of ether oxygens (including phenoxy) is 1. The standard InChI is InChI=1S/C21H16BrCl2NO3/c22-16-4-8-20(28-12-14-1-5-17(23)10-19(14)24)15(9-16)11-25-18-6-2-13(3-7-18)21(26)27/h1-10,25H,11-12H2,(H,26,27). The van der Waals surface area contributed by atoms with Gasteiger partial charge in [-0.05, 0) is 54.6 Å². The van der Waals surface area contributed by atoms with E-state index >= 15 is 0 Å². The molecule has 28 heavy (non-hydrogen) atoms. The molecule has 2 N–H and O–H groups in total. The topological polar surface area (TPSA) is 58.6 Å². The van der Waals surface area contributed by atoms with Crippen LogP contribution in [0.1, 0.15) is 21.5 Å². The van der Waals surface area contributed by atoms with Crippen molar-refractivity contribution in [1.29, 1.82) is 0 Å². The summed E-state index contributed by atoms with van der Waals surface area (Å²) < 4.78 is 6.90. The van der Waals surface area contributed by atoms with Gasteiger partial charge in [0.1, 0.15) is 12.4 Å². The van der Waals surface area contributed by atoms with Crippen LogP contribution in [0.15, 0.2) is 65.1 Å². The molecule has 0 fully saturated rings. The van der Waals surface area contributed by atoms with Crippen LogP contribution in [0.5, 0.6) is 5.75 Å². The quantitative estimate of drug-likeness (QED) is 0.397. The second-order valence-electron chi connectivity index (χ2n) is 6.01. The SMILES string of the molecule is O=C(O)c1ccc(NCc2cc(Br)ccc2OCc2ccc(Cl)cc2Cl)cc1. The highest BCUT2D eigenvalue weighted by atomic mass is 79.9. The molecule has 7 heteroatoms. The molecule has 0 aliphatic heterocycles. The molecule has 0 spiro atoms. The highest BCUT2D eigenvalue weighted by Gasteiger charge is 2.08. The molecule has 0 saturated heterocycles. The van der Waals surface area contributed by atoms with E-state index in [-0.39, 0.29) is 5.56 Å². The molecule has 0 unspecified atom stereocenters. The van der Waals surface area contributed by atoms with E-state index in [2.05, 4.69) is 21.2 Å². The van der Waals surface area contributed by atoms with E-state index in [9.17, 15) is 4.79 Å². The molecule has 0 heterocycles. The Bertz CT molecular complexity index is 993. The Hall–Kier alpha value is -2.21. The van der Waals surface area contributed by atoms with Gasteiger partial charge in [-0.15, -0.1) is 0 Å². The second kappa shape index (κ2) is 9.32. The minimum atomic E-state index is -0.949. The number of rotatable bonds is 7. The lowest BCUT2D eigenvalue weighted by molar-refractivity contribution is 0.0697. The maximum absolute atomic E-state index is 10.9. The summed E-state index contributed by atoms with van der Waals surface area (Å²) in [5.74, 6) is -0.223. The molecule has 0 radical (unpaired) electrons. The van der Waals surface area contributed by atoms with Gasteiger partial charge in [0.2, 0.25) is 0 Å². The number of carboxylic acid groups (broad SMARTS) is 1. The molecule has 3 rings (SSSR count). The number of hydrogen-bond acceptors (Lipinski definition) is 3. The van der Waals surface area contributed by atoms with Crippen LogP contribution >= 0.6 is 39.1 Å². The molecule has 0 bridgehead atoms. The van der Waals surface area contributed by atoms with Crippen molar-refractivity contribution in [3.05, 3.63) is 91.9 Å². The van der Waals surface area contributed by atoms with Crippen molar-refractivity contribution in [2.45, 2.75) is 13.2 Å². The summed E-state index contributed by atoms with van der Waals surface area (Å²) in [6.07, 6.45) is 0. The molecular formula is C21H16BrCl2NO3. The maximum Gasteiger partial charge on any atom is 0.335 e. The molecule has 3 aromatic rings. The Morgan fingerprint density at radius 1 is 1.00 bits per heavy atom. The summed E-state index contributed by atoms with van der Waals surface area (Å²) >= 11 is 15.6. The Morgan fingerprint density at radius 3 is 2.43 bits per heavy atom. The van der Waals surface area contributed by atoms with Gasteiger partial charge in [0.25, 0.3) is 0 Å². The monoisotopic (exact) mass is 479 g/mol. The van der Waals surface area contributed by atoms with Crippen LogP contribution in [0, 0.1) is 0 Å². The van der Waals surface area contributed by atoms with Crippen LogP contribution in [0.3, 0.4) is 0 Å². The Labute approximate surface area is 181 Å². The number of anilines is 1. The van der Waals surface area contributed by atoms with E-state index in [1.807, 2.05) is 24.3 Å². The lowest BCUT2D eigenvalue weighted by atomic mass is 10.1. The summed E-state index contributed by atoms with van der Waals surface area (Å²) in [6, 6.07) is 17.6. The van der Waals surface area contributed by atoms with Gasteiger partial charge in [-0.1, -0.05) is 45.2 Å². The van der Waals surface area contributed by atoms with Crippen molar-refractivity contribution in [3.63, 3.8) is 0 Å². The van der Waals surface area contributed by atoms with Crippen LogP contribution < -0.4 is 10.1 Å². The van der Waals surface area contributed by atoms with E-state index in [1.54, 1.807) is 36.4 Å². The Balaban J connectivity index is 1.70. The summed E-state index contributed by atoms with van der Waals surface area (Å²) in [5.41, 5.74) is 2.85. The van der Waals surface area contributed by atoms with Crippen molar-refractivity contribution in [1.82, 2.24) is 0 Å². The maximum atomic E-state index is 10.9. The van der Waals surface area contributed by atoms with E-state index in [0.29, 0.717) is 23.2 Å². The fraction of sp³-hybridized carbons (Fsp3) is 0.0952. The first-order valence-corrected chi connectivity index (χ1v) is 9.89. The van der Waals surface area contributed by atoms with Crippen molar-refractivity contribution in [2.24, 2.45) is 0 Å². The summed E-state index contributed by atoms with van der Waals surface area (Å²) in [5, 5.41) is 13.4. The molecule has 0 aromatic heterocycles. The second-order valence-corrected chi connectivity index (χ2v) is 7.77. The zero-order valence-electron chi connectivity index (χ0n) is 14.6. The highest BCUT2D eigenvalue weighted by molar-refractivity contribution is 9.10. The molecule has 4 nitrogen and oxygen atoms in total. The molecule has 0 atom stereocenters. The summed E-state index contributed by atoms with van der Waals surface area (Å²) in [4.78, 5) is 10.9. The zero-order valence-corrected chi connectivity index (χ0v) is 17.7. The predicted molar refractivity (Wildman–Crippen MR) is 116 cm³/mol. The van der Waals surface area contributed by atoms with Gasteiger partial charge in [0.05, 0.1) is 5.56 Å². The van der Waals surface area contributed by atoms with E-state index in [0.717, 1.165) is 27.0 Å². The van der Waals surface area contributed by atoms with Gasteiger partial charge in [-0.25, -0.2) is 4.79 Å². The predicted octanol–water partition coefficient (Wildman–Crippen LogP) is 6.65. The van der Waals surface area contributed by atoms with Crippen molar-refractivity contribution >= 4 is 50.8 Å². The number of benzene rings is 3. The van der Waals surface area contributed by atoms with Gasteiger partial charge in [0.15, 0.2) is 0 Å². The third-order valence-electron chi connectivity index (χ3n) is 4.04. The minimum absolute atomic E-state index is 0.247. The third kappa shape index (κ3) is 5.41. The first kappa shape index (κ1) is 20.5. The van der Waals surface area contributed by atoms with Crippen LogP contribution in [0.25, 0.3) is 0 Å². The molecule has 3 aromatic carbocycles. The fourth-order valence-electron chi connectivity index (χ4n) is 2.55. The van der Waals surface area contributed by atoms with Gasteiger partial charge >= 0.3 is 5.97 Å².